The van der Waals surface area contributed by atoms with E-state index in [4.69, 9.17) is 9.47 Å². The number of carbonyl (C=O) groups excluding carboxylic acids is 2. The van der Waals surface area contributed by atoms with Crippen LogP contribution in [0.25, 0.3) is 0 Å². The molecular formula is C46H91NO5. The van der Waals surface area contributed by atoms with Crippen LogP contribution in [0.4, 0.5) is 0 Å². The van der Waals surface area contributed by atoms with Gasteiger partial charge >= 0.3 is 11.9 Å². The van der Waals surface area contributed by atoms with Crippen LogP contribution in [-0.4, -0.2) is 60.9 Å². The van der Waals surface area contributed by atoms with Gasteiger partial charge in [-0.05, 0) is 83.2 Å². The van der Waals surface area contributed by atoms with E-state index in [9.17, 15) is 14.7 Å². The van der Waals surface area contributed by atoms with Gasteiger partial charge in [-0.2, -0.15) is 0 Å². The molecule has 0 heterocycles. The molecule has 0 rings (SSSR count). The molecule has 310 valence electrons. The van der Waals surface area contributed by atoms with E-state index in [1.54, 1.807) is 0 Å². The van der Waals surface area contributed by atoms with Crippen LogP contribution in [0.15, 0.2) is 0 Å². The van der Waals surface area contributed by atoms with E-state index in [1.165, 1.54) is 122 Å². The van der Waals surface area contributed by atoms with Gasteiger partial charge in [0.15, 0.2) is 0 Å². The summed E-state index contributed by atoms with van der Waals surface area (Å²) in [5.41, 5.74) is 0. The zero-order valence-electron chi connectivity index (χ0n) is 35.6. The zero-order chi connectivity index (χ0) is 38.2. The van der Waals surface area contributed by atoms with Gasteiger partial charge in [-0.1, -0.05) is 163 Å². The van der Waals surface area contributed by atoms with Crippen LogP contribution in [0, 0.1) is 5.92 Å². The number of unbranched alkanes of at least 4 members (excludes halogenated alkanes) is 21. The quantitative estimate of drug-likeness (QED) is 0.0496. The maximum atomic E-state index is 12.7. The number of rotatable bonds is 42. The predicted octanol–water partition coefficient (Wildman–Crippen LogP) is 13.3. The number of hydrogen-bond donors (Lipinski definition) is 1. The van der Waals surface area contributed by atoms with Gasteiger partial charge in [-0.3, -0.25) is 9.59 Å². The van der Waals surface area contributed by atoms with Gasteiger partial charge in [-0.15, -0.1) is 0 Å². The second kappa shape index (κ2) is 41.0. The number of aliphatic hydroxyl groups excluding tert-OH is 1. The maximum Gasteiger partial charge on any atom is 0.306 e. The molecule has 1 atom stereocenters. The van der Waals surface area contributed by atoms with Crippen molar-refractivity contribution in [3.05, 3.63) is 0 Å². The number of hydrogen-bond acceptors (Lipinski definition) is 6. The summed E-state index contributed by atoms with van der Waals surface area (Å²) in [6, 6.07) is 0. The minimum atomic E-state index is -0.0316. The summed E-state index contributed by atoms with van der Waals surface area (Å²) in [7, 11) is 0. The van der Waals surface area contributed by atoms with Gasteiger partial charge in [0.05, 0.1) is 13.2 Å². The summed E-state index contributed by atoms with van der Waals surface area (Å²) in [6.45, 7) is 12.7. The molecule has 0 aliphatic rings. The fraction of sp³-hybridized carbons (Fsp3) is 0.957. The average Bonchev–Trinajstić information content (AvgIpc) is 3.13. The molecule has 0 bridgehead atoms. The molecule has 52 heavy (non-hydrogen) atoms. The van der Waals surface area contributed by atoms with Crippen LogP contribution >= 0.6 is 0 Å². The largest absolute Gasteiger partial charge is 0.466 e. The minimum absolute atomic E-state index is 0.0137. The predicted molar refractivity (Wildman–Crippen MR) is 223 cm³/mol. The first-order valence-corrected chi connectivity index (χ1v) is 23.1. The number of ether oxygens (including phenoxy) is 2. The lowest BCUT2D eigenvalue weighted by atomic mass is 9.98. The average molecular weight is 738 g/mol. The van der Waals surface area contributed by atoms with Crippen LogP contribution in [0.3, 0.4) is 0 Å². The summed E-state index contributed by atoms with van der Waals surface area (Å²) in [5, 5.41) is 9.56. The van der Waals surface area contributed by atoms with Crippen molar-refractivity contribution >= 4 is 11.9 Å². The Kier molecular flexibility index (Phi) is 40.1. The lowest BCUT2D eigenvalue weighted by molar-refractivity contribution is -0.150. The molecule has 6 nitrogen and oxygen atoms in total. The van der Waals surface area contributed by atoms with Crippen molar-refractivity contribution < 1.29 is 24.2 Å². The molecule has 6 heteroatoms. The SMILES string of the molecule is CCCCCCCCC(CCCCCCCC)OC(=O)CCCCCCCN(CCO)CCCCCCCC(=O)OCCCC(C)CCCCCC. The van der Waals surface area contributed by atoms with E-state index in [0.717, 1.165) is 103 Å². The minimum Gasteiger partial charge on any atom is -0.466 e. The molecule has 0 aromatic carbocycles. The van der Waals surface area contributed by atoms with Crippen molar-refractivity contribution in [1.29, 1.82) is 0 Å². The highest BCUT2D eigenvalue weighted by Gasteiger charge is 2.14. The van der Waals surface area contributed by atoms with Crippen LogP contribution in [0.1, 0.15) is 240 Å². The molecule has 0 saturated heterocycles. The topological polar surface area (TPSA) is 76.1 Å². The Labute approximate surface area is 324 Å². The third kappa shape index (κ3) is 37.2. The van der Waals surface area contributed by atoms with Crippen molar-refractivity contribution in [2.45, 2.75) is 246 Å². The van der Waals surface area contributed by atoms with E-state index >= 15 is 0 Å². The Morgan fingerprint density at radius 2 is 0.885 bits per heavy atom. The van der Waals surface area contributed by atoms with Crippen LogP contribution in [0.2, 0.25) is 0 Å². The van der Waals surface area contributed by atoms with Crippen molar-refractivity contribution in [2.75, 3.05) is 32.8 Å². The fourth-order valence-corrected chi connectivity index (χ4v) is 7.31. The first kappa shape index (κ1) is 50.9. The van der Waals surface area contributed by atoms with Crippen molar-refractivity contribution in [1.82, 2.24) is 4.90 Å². The highest BCUT2D eigenvalue weighted by Crippen LogP contribution is 2.19. The number of aliphatic hydroxyl groups is 1. The van der Waals surface area contributed by atoms with E-state index in [0.29, 0.717) is 19.4 Å². The Morgan fingerprint density at radius 3 is 1.40 bits per heavy atom. The molecular weight excluding hydrogens is 647 g/mol. The van der Waals surface area contributed by atoms with Crippen LogP contribution in [-0.2, 0) is 19.1 Å². The summed E-state index contributed by atoms with van der Waals surface area (Å²) < 4.78 is 11.5. The van der Waals surface area contributed by atoms with E-state index < -0.39 is 0 Å². The summed E-state index contributed by atoms with van der Waals surface area (Å²) in [5.74, 6) is 0.713. The normalized spacial score (nSPS) is 12.2. The van der Waals surface area contributed by atoms with E-state index in [2.05, 4.69) is 32.6 Å². The molecule has 0 amide bonds. The molecule has 0 fully saturated rings. The molecule has 0 spiro atoms. The molecule has 0 saturated carbocycles. The molecule has 1 N–H and O–H groups in total. The highest BCUT2D eigenvalue weighted by molar-refractivity contribution is 5.69. The van der Waals surface area contributed by atoms with Gasteiger partial charge < -0.3 is 19.5 Å². The third-order valence-electron chi connectivity index (χ3n) is 10.8. The summed E-state index contributed by atoms with van der Waals surface area (Å²) in [6.07, 6.45) is 38.4. The third-order valence-corrected chi connectivity index (χ3v) is 10.8. The van der Waals surface area contributed by atoms with Gasteiger partial charge in [-0.25, -0.2) is 0 Å². The summed E-state index contributed by atoms with van der Waals surface area (Å²) >= 11 is 0. The van der Waals surface area contributed by atoms with Gasteiger partial charge in [0.25, 0.3) is 0 Å². The first-order valence-electron chi connectivity index (χ1n) is 23.1. The Bertz CT molecular complexity index is 730. The van der Waals surface area contributed by atoms with Gasteiger partial charge in [0, 0.05) is 19.4 Å². The number of nitrogens with zero attached hydrogens (tertiary/aromatic N) is 1. The maximum absolute atomic E-state index is 12.7. The monoisotopic (exact) mass is 738 g/mol. The van der Waals surface area contributed by atoms with Gasteiger partial charge in [0.2, 0.25) is 0 Å². The smallest absolute Gasteiger partial charge is 0.306 e. The number of esters is 2. The molecule has 0 aliphatic heterocycles. The molecule has 1 unspecified atom stereocenters. The number of carbonyl (C=O) groups is 2. The van der Waals surface area contributed by atoms with Crippen molar-refractivity contribution in [3.8, 4) is 0 Å². The van der Waals surface area contributed by atoms with Crippen molar-refractivity contribution in [3.63, 3.8) is 0 Å². The molecule has 0 aliphatic carbocycles. The zero-order valence-corrected chi connectivity index (χ0v) is 35.6. The Morgan fingerprint density at radius 1 is 0.481 bits per heavy atom. The van der Waals surface area contributed by atoms with Crippen molar-refractivity contribution in [2.24, 2.45) is 5.92 Å². The second-order valence-corrected chi connectivity index (χ2v) is 16.1. The molecule has 0 aromatic rings. The van der Waals surface area contributed by atoms with E-state index in [1.807, 2.05) is 0 Å². The molecule has 0 aromatic heterocycles. The Hall–Kier alpha value is -1.14. The second-order valence-electron chi connectivity index (χ2n) is 16.1. The first-order chi connectivity index (χ1) is 25.5. The summed E-state index contributed by atoms with van der Waals surface area (Å²) in [4.78, 5) is 27.2. The lowest BCUT2D eigenvalue weighted by Crippen LogP contribution is -2.29. The highest BCUT2D eigenvalue weighted by atomic mass is 16.5. The van der Waals surface area contributed by atoms with Crippen LogP contribution < -0.4 is 0 Å². The fourth-order valence-electron chi connectivity index (χ4n) is 7.31. The van der Waals surface area contributed by atoms with Crippen LogP contribution in [0.5, 0.6) is 0 Å². The van der Waals surface area contributed by atoms with Gasteiger partial charge in [0.1, 0.15) is 6.10 Å². The molecule has 0 radical (unpaired) electrons. The van der Waals surface area contributed by atoms with E-state index in [-0.39, 0.29) is 24.6 Å². The Balaban J connectivity index is 3.96. The lowest BCUT2D eigenvalue weighted by Gasteiger charge is -2.21. The standard InChI is InChI=1S/C46H91NO5/c1-5-8-11-14-18-25-34-44(35-26-19-15-12-9-6-2)52-46(50)37-28-21-17-23-30-39-47(40-41-48)38-29-22-16-20-27-36-45(49)51-42-31-33-43(4)32-24-13-10-7-3/h43-44,48H,5-42H2,1-4H3.